The molecule has 3 heterocycles. The molecule has 0 aromatic carbocycles. The number of aromatic amines is 1. The molecule has 0 bridgehead atoms. The maximum Gasteiger partial charge on any atom is 0.375 e. The van der Waals surface area contributed by atoms with Crippen LogP contribution in [0.15, 0.2) is 12.1 Å². The Morgan fingerprint density at radius 2 is 2.09 bits per heavy atom. The summed E-state index contributed by atoms with van der Waals surface area (Å²) >= 11 is 1.69. The number of ether oxygens (including phenoxy) is 1. The summed E-state index contributed by atoms with van der Waals surface area (Å²) in [6.07, 6.45) is 5.28. The van der Waals surface area contributed by atoms with Crippen LogP contribution in [0.2, 0.25) is 0 Å². The van der Waals surface area contributed by atoms with Crippen LogP contribution in [0.4, 0.5) is 0 Å². The van der Waals surface area contributed by atoms with Crippen LogP contribution >= 0.6 is 11.3 Å². The fourth-order valence-corrected chi connectivity index (χ4v) is 3.74. The first-order valence-corrected chi connectivity index (χ1v) is 8.99. The second-order valence-corrected chi connectivity index (χ2v) is 6.85. The lowest BCUT2D eigenvalue weighted by molar-refractivity contribution is 0.0512. The number of nitrogens with zero attached hydrogens (tertiary/aromatic N) is 3. The zero-order chi connectivity index (χ0) is 16.1. The van der Waals surface area contributed by atoms with Crippen molar-refractivity contribution in [3.05, 3.63) is 22.8 Å². The quantitative estimate of drug-likeness (QED) is 0.851. The zero-order valence-electron chi connectivity index (χ0n) is 13.4. The van der Waals surface area contributed by atoms with Gasteiger partial charge in [-0.05, 0) is 45.0 Å². The van der Waals surface area contributed by atoms with Crippen LogP contribution in [0, 0.1) is 0 Å². The van der Waals surface area contributed by atoms with E-state index in [1.54, 1.807) is 18.3 Å². The number of esters is 1. The van der Waals surface area contributed by atoms with Gasteiger partial charge in [0.15, 0.2) is 5.82 Å². The molecule has 0 aliphatic carbocycles. The lowest BCUT2D eigenvalue weighted by Gasteiger charge is -2.18. The van der Waals surface area contributed by atoms with Gasteiger partial charge in [-0.25, -0.2) is 4.79 Å². The van der Waals surface area contributed by atoms with E-state index >= 15 is 0 Å². The number of H-pyrrole nitrogens is 1. The average molecular weight is 334 g/mol. The lowest BCUT2D eigenvalue weighted by atomic mass is 10.2. The van der Waals surface area contributed by atoms with Crippen molar-refractivity contribution in [3.8, 4) is 10.7 Å². The van der Waals surface area contributed by atoms with Gasteiger partial charge in [0.1, 0.15) is 0 Å². The molecule has 1 fully saturated rings. The normalized spacial score (nSPS) is 16.2. The van der Waals surface area contributed by atoms with Crippen molar-refractivity contribution in [1.29, 1.82) is 0 Å². The third kappa shape index (κ3) is 4.17. The van der Waals surface area contributed by atoms with Gasteiger partial charge in [-0.3, -0.25) is 10.00 Å². The van der Waals surface area contributed by atoms with E-state index in [1.807, 2.05) is 6.07 Å². The lowest BCUT2D eigenvalue weighted by Crippen LogP contribution is -2.23. The predicted octanol–water partition coefficient (Wildman–Crippen LogP) is 3.09. The number of carbonyl (C=O) groups is 1. The number of likely N-dealkylation sites (tertiary alicyclic amines) is 1. The first-order chi connectivity index (χ1) is 11.3. The van der Waals surface area contributed by atoms with Crippen molar-refractivity contribution in [2.75, 3.05) is 19.7 Å². The molecule has 1 aliphatic rings. The molecule has 124 valence electrons. The number of aromatic nitrogens is 3. The standard InChI is InChI=1S/C16H22N4O2S/c1-2-22-16(21)15-17-14(18-19-15)13-8-7-12(23-13)11-20-9-5-3-4-6-10-20/h7-8H,2-6,9-11H2,1H3,(H,17,18,19). The summed E-state index contributed by atoms with van der Waals surface area (Å²) in [5, 5.41) is 6.77. The van der Waals surface area contributed by atoms with Gasteiger partial charge in [-0.15, -0.1) is 11.3 Å². The fourth-order valence-electron chi connectivity index (χ4n) is 2.76. The summed E-state index contributed by atoms with van der Waals surface area (Å²) in [7, 11) is 0. The van der Waals surface area contributed by atoms with Crippen molar-refractivity contribution in [2.45, 2.75) is 39.2 Å². The molecule has 0 spiro atoms. The highest BCUT2D eigenvalue weighted by molar-refractivity contribution is 7.15. The first-order valence-electron chi connectivity index (χ1n) is 8.17. The average Bonchev–Trinajstić information content (AvgIpc) is 3.13. The molecule has 23 heavy (non-hydrogen) atoms. The molecule has 2 aromatic heterocycles. The van der Waals surface area contributed by atoms with Crippen molar-refractivity contribution < 1.29 is 9.53 Å². The molecule has 7 heteroatoms. The van der Waals surface area contributed by atoms with E-state index in [1.165, 1.54) is 43.6 Å². The summed E-state index contributed by atoms with van der Waals surface area (Å²) in [6.45, 7) is 5.44. The van der Waals surface area contributed by atoms with Crippen LogP contribution < -0.4 is 0 Å². The third-order valence-electron chi connectivity index (χ3n) is 3.91. The Hall–Kier alpha value is -1.73. The highest BCUT2D eigenvalue weighted by Gasteiger charge is 2.16. The van der Waals surface area contributed by atoms with Gasteiger partial charge in [0.25, 0.3) is 0 Å². The van der Waals surface area contributed by atoms with E-state index < -0.39 is 5.97 Å². The molecule has 0 unspecified atom stereocenters. The van der Waals surface area contributed by atoms with Crippen LogP contribution in [-0.4, -0.2) is 45.7 Å². The fraction of sp³-hybridized carbons (Fsp3) is 0.562. The summed E-state index contributed by atoms with van der Waals surface area (Å²) in [5.74, 6) is 0.247. The molecule has 0 radical (unpaired) electrons. The van der Waals surface area contributed by atoms with Gasteiger partial charge < -0.3 is 4.74 Å². The topological polar surface area (TPSA) is 71.1 Å². The molecular formula is C16H22N4O2S. The molecule has 0 atom stereocenters. The number of thiophene rings is 1. The predicted molar refractivity (Wildman–Crippen MR) is 89.4 cm³/mol. The minimum Gasteiger partial charge on any atom is -0.460 e. The van der Waals surface area contributed by atoms with E-state index in [9.17, 15) is 4.79 Å². The zero-order valence-corrected chi connectivity index (χ0v) is 14.2. The highest BCUT2D eigenvalue weighted by atomic mass is 32.1. The Labute approximate surface area is 139 Å². The van der Waals surface area contributed by atoms with E-state index in [0.717, 1.165) is 11.4 Å². The maximum atomic E-state index is 11.6. The molecule has 3 rings (SSSR count). The minimum absolute atomic E-state index is 0.157. The monoisotopic (exact) mass is 334 g/mol. The maximum absolute atomic E-state index is 11.6. The summed E-state index contributed by atoms with van der Waals surface area (Å²) in [5.41, 5.74) is 0. The van der Waals surface area contributed by atoms with Gasteiger partial charge in [0.2, 0.25) is 5.82 Å². The van der Waals surface area contributed by atoms with E-state index in [0.29, 0.717) is 12.4 Å². The van der Waals surface area contributed by atoms with Gasteiger partial charge in [0, 0.05) is 11.4 Å². The van der Waals surface area contributed by atoms with E-state index in [2.05, 4.69) is 26.1 Å². The summed E-state index contributed by atoms with van der Waals surface area (Å²) < 4.78 is 4.92. The first kappa shape index (κ1) is 16.1. The molecular weight excluding hydrogens is 312 g/mol. The van der Waals surface area contributed by atoms with Gasteiger partial charge in [0.05, 0.1) is 11.5 Å². The SMILES string of the molecule is CCOC(=O)c1nc(-c2ccc(CN3CCCCCC3)s2)n[nH]1. The number of rotatable bonds is 5. The molecule has 1 aliphatic heterocycles. The second kappa shape index (κ2) is 7.70. The van der Waals surface area contributed by atoms with Gasteiger partial charge in [-0.2, -0.15) is 10.1 Å². The largest absolute Gasteiger partial charge is 0.460 e. The number of carbonyl (C=O) groups excluding carboxylic acids is 1. The Kier molecular flexibility index (Phi) is 5.40. The van der Waals surface area contributed by atoms with Gasteiger partial charge in [-0.1, -0.05) is 12.8 Å². The Morgan fingerprint density at radius 1 is 1.30 bits per heavy atom. The minimum atomic E-state index is -0.465. The van der Waals surface area contributed by atoms with Crippen LogP contribution in [0.25, 0.3) is 10.7 Å². The molecule has 2 aromatic rings. The molecule has 0 saturated carbocycles. The second-order valence-electron chi connectivity index (χ2n) is 5.68. The van der Waals surface area contributed by atoms with Crippen molar-refractivity contribution in [3.63, 3.8) is 0 Å². The van der Waals surface area contributed by atoms with Crippen molar-refractivity contribution in [1.82, 2.24) is 20.1 Å². The van der Waals surface area contributed by atoms with Crippen molar-refractivity contribution >= 4 is 17.3 Å². The number of hydrogen-bond donors (Lipinski definition) is 1. The van der Waals surface area contributed by atoms with E-state index in [-0.39, 0.29) is 5.82 Å². The third-order valence-corrected chi connectivity index (χ3v) is 4.98. The number of hydrogen-bond acceptors (Lipinski definition) is 6. The van der Waals surface area contributed by atoms with Crippen LogP contribution in [0.3, 0.4) is 0 Å². The Bertz CT molecular complexity index is 644. The molecule has 1 N–H and O–H groups in total. The van der Waals surface area contributed by atoms with Crippen LogP contribution in [0.1, 0.15) is 48.1 Å². The molecule has 6 nitrogen and oxygen atoms in total. The Balaban J connectivity index is 1.65. The molecule has 0 amide bonds. The summed E-state index contributed by atoms with van der Waals surface area (Å²) in [6, 6.07) is 4.15. The Morgan fingerprint density at radius 3 is 2.83 bits per heavy atom. The number of nitrogens with one attached hydrogen (secondary N) is 1. The summed E-state index contributed by atoms with van der Waals surface area (Å²) in [4.78, 5) is 20.7. The van der Waals surface area contributed by atoms with E-state index in [4.69, 9.17) is 4.74 Å². The smallest absolute Gasteiger partial charge is 0.375 e. The van der Waals surface area contributed by atoms with Crippen LogP contribution in [0.5, 0.6) is 0 Å². The molecule has 1 saturated heterocycles. The van der Waals surface area contributed by atoms with Crippen LogP contribution in [-0.2, 0) is 11.3 Å². The van der Waals surface area contributed by atoms with Gasteiger partial charge >= 0.3 is 5.97 Å². The highest BCUT2D eigenvalue weighted by Crippen LogP contribution is 2.27. The van der Waals surface area contributed by atoms with Crippen molar-refractivity contribution in [2.24, 2.45) is 0 Å².